The third-order valence-electron chi connectivity index (χ3n) is 2.88. The van der Waals surface area contributed by atoms with Gasteiger partial charge < -0.3 is 10.5 Å². The molecule has 0 bridgehead atoms. The maximum Gasteiger partial charge on any atom is 0.222 e. The molecule has 0 saturated heterocycles. The quantitative estimate of drug-likeness (QED) is 0.570. The highest BCUT2D eigenvalue weighted by molar-refractivity contribution is 7.98. The zero-order chi connectivity index (χ0) is 15.5. The van der Waals surface area contributed by atoms with E-state index in [0.29, 0.717) is 18.8 Å². The second kappa shape index (κ2) is 6.45. The number of anilines is 1. The van der Waals surface area contributed by atoms with Gasteiger partial charge in [-0.25, -0.2) is 19.3 Å². The summed E-state index contributed by atoms with van der Waals surface area (Å²) in [7, 11) is 0. The van der Waals surface area contributed by atoms with Crippen LogP contribution in [0.1, 0.15) is 5.01 Å². The van der Waals surface area contributed by atoms with Crippen molar-refractivity contribution in [3.63, 3.8) is 0 Å². The van der Waals surface area contributed by atoms with E-state index in [1.54, 1.807) is 12.1 Å². The summed E-state index contributed by atoms with van der Waals surface area (Å²) in [5.74, 6) is 0.616. The molecule has 0 atom stereocenters. The lowest BCUT2D eigenvalue weighted by atomic mass is 10.3. The molecule has 5 nitrogen and oxygen atoms in total. The predicted octanol–water partition coefficient (Wildman–Crippen LogP) is 3.15. The normalized spacial score (nSPS) is 11.0. The van der Waals surface area contributed by atoms with Gasteiger partial charge >= 0.3 is 0 Å². The number of thiazole rings is 1. The third-order valence-corrected chi connectivity index (χ3v) is 4.56. The molecule has 0 unspecified atom stereocenters. The van der Waals surface area contributed by atoms with Gasteiger partial charge in [-0.05, 0) is 30.5 Å². The minimum Gasteiger partial charge on any atom is -0.493 e. The summed E-state index contributed by atoms with van der Waals surface area (Å²) >= 11 is 2.98. The summed E-state index contributed by atoms with van der Waals surface area (Å²) in [5, 5.41) is 1.69. The molecule has 1 aromatic carbocycles. The number of halogens is 1. The van der Waals surface area contributed by atoms with Crippen LogP contribution in [0.25, 0.3) is 10.3 Å². The molecule has 3 aromatic rings. The van der Waals surface area contributed by atoms with Gasteiger partial charge in [0.05, 0.1) is 11.6 Å². The maximum atomic E-state index is 12.8. The first-order chi connectivity index (χ1) is 10.7. The number of hydrogen-bond acceptors (Lipinski definition) is 7. The van der Waals surface area contributed by atoms with Gasteiger partial charge in [-0.15, -0.1) is 11.8 Å². The van der Waals surface area contributed by atoms with Crippen molar-refractivity contribution < 1.29 is 9.13 Å². The van der Waals surface area contributed by atoms with Crippen LogP contribution in [0, 0.1) is 5.82 Å². The number of aromatic nitrogens is 3. The highest BCUT2D eigenvalue weighted by Crippen LogP contribution is 2.28. The molecule has 0 amide bonds. The molecular weight excluding hydrogens is 323 g/mol. The Hall–Kier alpha value is -1.93. The van der Waals surface area contributed by atoms with Gasteiger partial charge in [-0.2, -0.15) is 0 Å². The van der Waals surface area contributed by atoms with Crippen LogP contribution < -0.4 is 10.5 Å². The molecule has 22 heavy (non-hydrogen) atoms. The van der Waals surface area contributed by atoms with Crippen molar-refractivity contribution in [1.82, 2.24) is 15.0 Å². The Kier molecular flexibility index (Phi) is 4.39. The molecular formula is C14H13FN4OS2. The van der Waals surface area contributed by atoms with Crippen LogP contribution in [0.5, 0.6) is 5.75 Å². The van der Waals surface area contributed by atoms with Gasteiger partial charge in [0.15, 0.2) is 0 Å². The van der Waals surface area contributed by atoms with Gasteiger partial charge in [-0.1, -0.05) is 11.3 Å². The van der Waals surface area contributed by atoms with E-state index in [-0.39, 0.29) is 11.8 Å². The average molecular weight is 336 g/mol. The molecule has 0 spiro atoms. The Morgan fingerprint density at radius 1 is 1.23 bits per heavy atom. The molecule has 0 fully saturated rings. The Morgan fingerprint density at radius 3 is 2.73 bits per heavy atom. The van der Waals surface area contributed by atoms with E-state index in [4.69, 9.17) is 10.5 Å². The number of nitrogens with zero attached hydrogens (tertiary/aromatic N) is 3. The fraction of sp³-hybridized carbons (Fsp3) is 0.214. The lowest BCUT2D eigenvalue weighted by Gasteiger charge is -2.03. The number of nitrogens with two attached hydrogens (primary N) is 1. The van der Waals surface area contributed by atoms with Crippen molar-refractivity contribution in [2.45, 2.75) is 11.4 Å². The van der Waals surface area contributed by atoms with Crippen molar-refractivity contribution in [3.05, 3.63) is 35.1 Å². The lowest BCUT2D eigenvalue weighted by Crippen LogP contribution is -2.01. The zero-order valence-corrected chi connectivity index (χ0v) is 13.4. The summed E-state index contributed by atoms with van der Waals surface area (Å²) in [5.41, 5.74) is 6.47. The van der Waals surface area contributed by atoms with Gasteiger partial charge in [0.25, 0.3) is 0 Å². The summed E-state index contributed by atoms with van der Waals surface area (Å²) in [6.45, 7) is 0.461. The number of benzene rings is 1. The summed E-state index contributed by atoms with van der Waals surface area (Å²) in [4.78, 5) is 13.7. The molecule has 3 rings (SSSR count). The van der Waals surface area contributed by atoms with Crippen LogP contribution in [-0.2, 0) is 6.42 Å². The third kappa shape index (κ3) is 3.28. The van der Waals surface area contributed by atoms with Gasteiger partial charge in [0.1, 0.15) is 26.9 Å². The van der Waals surface area contributed by atoms with Crippen LogP contribution in [0.3, 0.4) is 0 Å². The molecule has 2 aromatic heterocycles. The second-order valence-corrected chi connectivity index (χ2v) is 6.26. The second-order valence-electron chi connectivity index (χ2n) is 4.40. The summed E-state index contributed by atoms with van der Waals surface area (Å²) < 4.78 is 18.4. The molecule has 8 heteroatoms. The van der Waals surface area contributed by atoms with Gasteiger partial charge in [0.2, 0.25) is 5.95 Å². The monoisotopic (exact) mass is 336 g/mol. The maximum absolute atomic E-state index is 12.8. The fourth-order valence-electron chi connectivity index (χ4n) is 1.89. The highest BCUT2D eigenvalue weighted by Gasteiger charge is 2.12. The van der Waals surface area contributed by atoms with Crippen molar-refractivity contribution >= 4 is 39.4 Å². The number of fused-ring (bicyclic) bond motifs is 1. The van der Waals surface area contributed by atoms with E-state index in [0.717, 1.165) is 20.4 Å². The Bertz CT molecular complexity index is 791. The Morgan fingerprint density at radius 2 is 2.00 bits per heavy atom. The van der Waals surface area contributed by atoms with Crippen LogP contribution >= 0.6 is 23.1 Å². The predicted molar refractivity (Wildman–Crippen MR) is 87.0 cm³/mol. The van der Waals surface area contributed by atoms with E-state index in [1.807, 2.05) is 6.26 Å². The number of nitrogen functional groups attached to an aromatic ring is 1. The molecule has 0 aliphatic heterocycles. The van der Waals surface area contributed by atoms with Gasteiger partial charge in [-0.3, -0.25) is 0 Å². The largest absolute Gasteiger partial charge is 0.493 e. The Labute approximate surface area is 134 Å². The summed E-state index contributed by atoms with van der Waals surface area (Å²) in [6.07, 6.45) is 2.57. The molecule has 0 saturated carbocycles. The molecule has 0 aliphatic rings. The molecule has 0 radical (unpaired) electrons. The first kappa shape index (κ1) is 15.0. The van der Waals surface area contributed by atoms with Crippen molar-refractivity contribution in [3.8, 4) is 5.75 Å². The van der Waals surface area contributed by atoms with E-state index in [2.05, 4.69) is 15.0 Å². The Balaban J connectivity index is 1.70. The van der Waals surface area contributed by atoms with Crippen LogP contribution in [-0.4, -0.2) is 27.8 Å². The van der Waals surface area contributed by atoms with Crippen molar-refractivity contribution in [1.29, 1.82) is 0 Å². The first-order valence-electron chi connectivity index (χ1n) is 6.51. The smallest absolute Gasteiger partial charge is 0.222 e. The summed E-state index contributed by atoms with van der Waals surface area (Å²) in [6, 6.07) is 5.95. The van der Waals surface area contributed by atoms with E-state index >= 15 is 0 Å². The molecule has 114 valence electrons. The first-order valence-corrected chi connectivity index (χ1v) is 8.55. The minimum absolute atomic E-state index is 0.259. The number of ether oxygens (including phenoxy) is 1. The van der Waals surface area contributed by atoms with Crippen molar-refractivity contribution in [2.24, 2.45) is 0 Å². The van der Waals surface area contributed by atoms with Gasteiger partial charge in [0, 0.05) is 6.42 Å². The fourth-order valence-corrected chi connectivity index (χ4v) is 3.40. The van der Waals surface area contributed by atoms with Crippen LogP contribution in [0.15, 0.2) is 29.3 Å². The lowest BCUT2D eigenvalue weighted by molar-refractivity contribution is 0.321. The highest BCUT2D eigenvalue weighted by atomic mass is 32.2. The van der Waals surface area contributed by atoms with Crippen LogP contribution in [0.2, 0.25) is 0 Å². The number of thioether (sulfide) groups is 1. The standard InChI is InChI=1S/C14H13FN4OS2/c1-21-12-11-13(19-14(16)18-12)22-10(17-11)6-7-20-9-4-2-8(15)3-5-9/h2-5H,6-7H2,1H3,(H2,16,18,19). The molecule has 2 N–H and O–H groups in total. The minimum atomic E-state index is -0.278. The number of rotatable bonds is 5. The van der Waals surface area contributed by atoms with Crippen molar-refractivity contribution in [2.75, 3.05) is 18.6 Å². The van der Waals surface area contributed by atoms with E-state index in [1.165, 1.54) is 35.2 Å². The van der Waals surface area contributed by atoms with E-state index < -0.39 is 0 Å². The zero-order valence-electron chi connectivity index (χ0n) is 11.7. The van der Waals surface area contributed by atoms with E-state index in [9.17, 15) is 4.39 Å². The topological polar surface area (TPSA) is 73.9 Å². The molecule has 2 heterocycles. The molecule has 0 aliphatic carbocycles. The van der Waals surface area contributed by atoms with Crippen LogP contribution in [0.4, 0.5) is 10.3 Å². The average Bonchev–Trinajstić information content (AvgIpc) is 2.91. The SMILES string of the molecule is CSc1nc(N)nc2sc(CCOc3ccc(F)cc3)nc12. The number of hydrogen-bond donors (Lipinski definition) is 1.